The topological polar surface area (TPSA) is 97.1 Å². The van der Waals surface area contributed by atoms with Crippen LogP contribution < -0.4 is 11.5 Å². The molecule has 1 aliphatic heterocycles. The highest BCUT2D eigenvalue weighted by molar-refractivity contribution is 5.97. The maximum Gasteiger partial charge on any atom is 0.182 e. The van der Waals surface area contributed by atoms with Gasteiger partial charge in [-0.25, -0.2) is 0 Å². The molecule has 15 heavy (non-hydrogen) atoms. The molecule has 0 aromatic carbocycles. The molecule has 6 nitrogen and oxygen atoms in total. The average Bonchev–Trinajstić information content (AvgIpc) is 2.13. The molecule has 0 fully saturated rings. The first-order valence-electron chi connectivity index (χ1n) is 4.79. The molecule has 1 rings (SSSR count). The van der Waals surface area contributed by atoms with Crippen LogP contribution in [0.3, 0.4) is 0 Å². The Kier molecular flexibility index (Phi) is 4.07. The van der Waals surface area contributed by atoms with Gasteiger partial charge in [0, 0.05) is 13.1 Å². The fourth-order valence-electron chi connectivity index (χ4n) is 1.19. The lowest BCUT2D eigenvalue weighted by atomic mass is 10.2. The normalized spacial score (nSPS) is 23.5. The fourth-order valence-corrected chi connectivity index (χ4v) is 1.19. The molecule has 0 spiro atoms. The Morgan fingerprint density at radius 2 is 2.40 bits per heavy atom. The molecule has 0 bridgehead atoms. The number of likely N-dealkylation sites (N-methyl/N-ethyl adjacent to an activating group) is 1. The zero-order chi connectivity index (χ0) is 11.4. The quantitative estimate of drug-likeness (QED) is 0.547. The highest BCUT2D eigenvalue weighted by Crippen LogP contribution is 2.08. The van der Waals surface area contributed by atoms with Gasteiger partial charge >= 0.3 is 0 Å². The summed E-state index contributed by atoms with van der Waals surface area (Å²) >= 11 is 0. The molecule has 86 valence electrons. The van der Waals surface area contributed by atoms with E-state index in [2.05, 4.69) is 5.10 Å². The second kappa shape index (κ2) is 5.11. The molecular formula is C9H18N4O2. The third-order valence-electron chi connectivity index (χ3n) is 1.90. The SMILES string of the molecule is C[C@@H](N)COCC1=NN(C)C(O)C(N)=C1. The minimum atomic E-state index is -0.845. The van der Waals surface area contributed by atoms with Crippen LogP contribution in [0.15, 0.2) is 16.9 Å². The summed E-state index contributed by atoms with van der Waals surface area (Å²) < 4.78 is 5.30. The van der Waals surface area contributed by atoms with Crippen LogP contribution in [0.4, 0.5) is 0 Å². The van der Waals surface area contributed by atoms with E-state index in [0.717, 1.165) is 0 Å². The highest BCUT2D eigenvalue weighted by Gasteiger charge is 2.18. The van der Waals surface area contributed by atoms with Gasteiger partial charge in [-0.05, 0) is 13.0 Å². The maximum absolute atomic E-state index is 9.44. The standard InChI is InChI=1S/C9H18N4O2/c1-6(10)4-15-5-7-3-8(11)9(14)13(2)12-7/h3,6,9,14H,4-5,10-11H2,1-2H3/t6-,9?/m1/s1. The van der Waals surface area contributed by atoms with Gasteiger partial charge in [0.05, 0.1) is 24.6 Å². The Balaban J connectivity index is 2.46. The summed E-state index contributed by atoms with van der Waals surface area (Å²) in [6.45, 7) is 2.68. The number of aliphatic hydroxyl groups is 1. The van der Waals surface area contributed by atoms with Crippen LogP contribution in [0.5, 0.6) is 0 Å². The van der Waals surface area contributed by atoms with Crippen LogP contribution in [0.1, 0.15) is 6.92 Å². The van der Waals surface area contributed by atoms with Crippen LogP contribution >= 0.6 is 0 Å². The van der Waals surface area contributed by atoms with Crippen LogP contribution in [0.2, 0.25) is 0 Å². The summed E-state index contributed by atoms with van der Waals surface area (Å²) in [4.78, 5) is 0. The van der Waals surface area contributed by atoms with E-state index in [9.17, 15) is 5.11 Å². The van der Waals surface area contributed by atoms with Gasteiger partial charge in [-0.2, -0.15) is 5.10 Å². The molecule has 5 N–H and O–H groups in total. The molecule has 0 aliphatic carbocycles. The maximum atomic E-state index is 9.44. The zero-order valence-corrected chi connectivity index (χ0v) is 9.05. The first-order chi connectivity index (χ1) is 7.00. The van der Waals surface area contributed by atoms with E-state index in [1.807, 2.05) is 6.92 Å². The largest absolute Gasteiger partial charge is 0.398 e. The van der Waals surface area contributed by atoms with E-state index in [1.165, 1.54) is 5.01 Å². The summed E-state index contributed by atoms with van der Waals surface area (Å²) in [6, 6.07) is -0.00108. The number of hydrazone groups is 1. The van der Waals surface area contributed by atoms with E-state index in [4.69, 9.17) is 16.2 Å². The van der Waals surface area contributed by atoms with Crippen molar-refractivity contribution in [1.82, 2.24) is 5.01 Å². The molecule has 1 aliphatic rings. The molecule has 0 aromatic rings. The average molecular weight is 214 g/mol. The predicted octanol–water partition coefficient (Wildman–Crippen LogP) is -1.19. The van der Waals surface area contributed by atoms with E-state index in [1.54, 1.807) is 13.1 Å². The van der Waals surface area contributed by atoms with E-state index in [0.29, 0.717) is 24.6 Å². The molecule has 2 atom stereocenters. The number of hydrogen-bond acceptors (Lipinski definition) is 6. The third kappa shape index (κ3) is 3.50. The van der Waals surface area contributed by atoms with Crippen molar-refractivity contribution in [3.8, 4) is 0 Å². The van der Waals surface area contributed by atoms with E-state index in [-0.39, 0.29) is 6.04 Å². The lowest BCUT2D eigenvalue weighted by Crippen LogP contribution is -2.37. The Labute approximate surface area is 89.2 Å². The minimum Gasteiger partial charge on any atom is -0.398 e. The minimum absolute atomic E-state index is 0.00108. The van der Waals surface area contributed by atoms with Crippen LogP contribution in [0.25, 0.3) is 0 Å². The van der Waals surface area contributed by atoms with Crippen molar-refractivity contribution in [2.75, 3.05) is 20.3 Å². The van der Waals surface area contributed by atoms with Gasteiger partial charge in [0.25, 0.3) is 0 Å². The summed E-state index contributed by atoms with van der Waals surface area (Å²) in [5.74, 6) is 0. The number of ether oxygens (including phenoxy) is 1. The molecule has 0 amide bonds. The van der Waals surface area contributed by atoms with Crippen LogP contribution in [-0.4, -0.2) is 48.4 Å². The summed E-state index contributed by atoms with van der Waals surface area (Å²) in [6.07, 6.45) is 0.772. The van der Waals surface area contributed by atoms with Crippen molar-refractivity contribution in [1.29, 1.82) is 0 Å². The zero-order valence-electron chi connectivity index (χ0n) is 9.05. The number of aliphatic hydroxyl groups excluding tert-OH is 1. The molecule has 1 unspecified atom stereocenters. The van der Waals surface area contributed by atoms with Gasteiger partial charge in [0.2, 0.25) is 0 Å². The second-order valence-electron chi connectivity index (χ2n) is 3.68. The monoisotopic (exact) mass is 214 g/mol. The predicted molar refractivity (Wildman–Crippen MR) is 57.9 cm³/mol. The van der Waals surface area contributed by atoms with Gasteiger partial charge in [-0.1, -0.05) is 0 Å². The molecular weight excluding hydrogens is 196 g/mol. The first kappa shape index (κ1) is 12.0. The molecule has 0 aromatic heterocycles. The van der Waals surface area contributed by atoms with Gasteiger partial charge in [0.15, 0.2) is 6.23 Å². The lowest BCUT2D eigenvalue weighted by molar-refractivity contribution is 0.0502. The molecule has 0 saturated heterocycles. The lowest BCUT2D eigenvalue weighted by Gasteiger charge is -2.25. The van der Waals surface area contributed by atoms with Crippen LogP contribution in [-0.2, 0) is 4.74 Å². The highest BCUT2D eigenvalue weighted by atomic mass is 16.5. The molecule has 6 heteroatoms. The summed E-state index contributed by atoms with van der Waals surface area (Å²) in [5.41, 5.74) is 12.2. The van der Waals surface area contributed by atoms with Crippen molar-refractivity contribution in [2.24, 2.45) is 16.6 Å². The van der Waals surface area contributed by atoms with Gasteiger partial charge < -0.3 is 21.3 Å². The number of rotatable bonds is 4. The van der Waals surface area contributed by atoms with Gasteiger partial charge in [-0.3, -0.25) is 5.01 Å². The molecule has 1 heterocycles. The van der Waals surface area contributed by atoms with Gasteiger partial charge in [-0.15, -0.1) is 0 Å². The smallest absolute Gasteiger partial charge is 0.182 e. The Bertz CT molecular complexity index is 275. The summed E-state index contributed by atoms with van der Waals surface area (Å²) in [7, 11) is 1.65. The van der Waals surface area contributed by atoms with Crippen molar-refractivity contribution >= 4 is 5.71 Å². The fraction of sp³-hybridized carbons (Fsp3) is 0.667. The Hall–Kier alpha value is -1.11. The van der Waals surface area contributed by atoms with Crippen molar-refractivity contribution in [2.45, 2.75) is 19.2 Å². The Morgan fingerprint density at radius 3 is 2.93 bits per heavy atom. The molecule has 0 radical (unpaired) electrons. The Morgan fingerprint density at radius 1 is 1.73 bits per heavy atom. The van der Waals surface area contributed by atoms with E-state index >= 15 is 0 Å². The molecule has 0 saturated carbocycles. The van der Waals surface area contributed by atoms with Crippen LogP contribution in [0, 0.1) is 0 Å². The van der Waals surface area contributed by atoms with Gasteiger partial charge in [0.1, 0.15) is 0 Å². The van der Waals surface area contributed by atoms with E-state index < -0.39 is 6.23 Å². The second-order valence-corrected chi connectivity index (χ2v) is 3.68. The summed E-state index contributed by atoms with van der Waals surface area (Å²) in [5, 5.41) is 14.9. The first-order valence-corrected chi connectivity index (χ1v) is 4.79. The number of hydrogen-bond donors (Lipinski definition) is 3. The van der Waals surface area contributed by atoms with Crippen molar-refractivity contribution in [3.63, 3.8) is 0 Å². The third-order valence-corrected chi connectivity index (χ3v) is 1.90. The number of nitrogens with two attached hydrogens (primary N) is 2. The van der Waals surface area contributed by atoms with Crippen molar-refractivity contribution in [3.05, 3.63) is 11.8 Å². The van der Waals surface area contributed by atoms with Crippen molar-refractivity contribution < 1.29 is 9.84 Å². The number of nitrogens with zero attached hydrogens (tertiary/aromatic N) is 2.